The van der Waals surface area contributed by atoms with Crippen LogP contribution in [0.2, 0.25) is 0 Å². The minimum absolute atomic E-state index is 0.0440. The highest BCUT2D eigenvalue weighted by Crippen LogP contribution is 2.27. The predicted molar refractivity (Wildman–Crippen MR) is 130 cm³/mol. The van der Waals surface area contributed by atoms with Crippen molar-refractivity contribution in [3.63, 3.8) is 0 Å². The van der Waals surface area contributed by atoms with Gasteiger partial charge in [0.15, 0.2) is 9.84 Å². The summed E-state index contributed by atoms with van der Waals surface area (Å²) in [4.78, 5) is 26.3. The summed E-state index contributed by atoms with van der Waals surface area (Å²) in [5.41, 5.74) is 3.27. The van der Waals surface area contributed by atoms with Crippen LogP contribution < -0.4 is 0 Å². The lowest BCUT2D eigenvalue weighted by molar-refractivity contribution is -0.139. The number of hydrogen-bond donors (Lipinski definition) is 0. The molecular formula is C26H30N2O5S. The van der Waals surface area contributed by atoms with Crippen molar-refractivity contribution >= 4 is 21.6 Å². The third-order valence-electron chi connectivity index (χ3n) is 5.79. The van der Waals surface area contributed by atoms with Crippen LogP contribution in [-0.2, 0) is 31.3 Å². The number of esters is 1. The molecule has 0 spiro atoms. The topological polar surface area (TPSA) is 95.3 Å². The van der Waals surface area contributed by atoms with Crippen molar-refractivity contribution in [1.82, 2.24) is 9.78 Å². The van der Waals surface area contributed by atoms with Gasteiger partial charge in [0, 0.05) is 5.41 Å². The molecule has 0 bridgehead atoms. The second-order valence-electron chi connectivity index (χ2n) is 9.32. The Labute approximate surface area is 200 Å². The predicted octanol–water partition coefficient (Wildman–Crippen LogP) is 4.04. The second-order valence-corrected chi connectivity index (χ2v) is 11.4. The first kappa shape index (κ1) is 25.4. The molecule has 7 nitrogen and oxygen atoms in total. The lowest BCUT2D eigenvalue weighted by Crippen LogP contribution is -2.40. The van der Waals surface area contributed by atoms with Crippen LogP contribution in [0.25, 0.3) is 0 Å². The Morgan fingerprint density at radius 3 is 2.12 bits per heavy atom. The molecule has 8 heteroatoms. The van der Waals surface area contributed by atoms with E-state index in [1.54, 1.807) is 12.1 Å². The maximum Gasteiger partial charge on any atom is 0.332 e. The molecule has 3 rings (SSSR count). The van der Waals surface area contributed by atoms with Gasteiger partial charge in [0.25, 0.3) is 0 Å². The van der Waals surface area contributed by atoms with Gasteiger partial charge in [0.2, 0.25) is 11.0 Å². The van der Waals surface area contributed by atoms with Gasteiger partial charge < -0.3 is 4.74 Å². The molecule has 0 amide bonds. The van der Waals surface area contributed by atoms with Crippen molar-refractivity contribution in [2.24, 2.45) is 0 Å². The van der Waals surface area contributed by atoms with E-state index in [1.807, 2.05) is 52.8 Å². The highest BCUT2D eigenvalue weighted by molar-refractivity contribution is 7.93. The lowest BCUT2D eigenvalue weighted by atomic mass is 9.92. The summed E-state index contributed by atoms with van der Waals surface area (Å²) in [5.74, 6) is -2.00. The van der Waals surface area contributed by atoms with Gasteiger partial charge in [0.05, 0.1) is 24.2 Å². The number of sulfone groups is 1. The molecule has 0 fully saturated rings. The number of rotatable bonds is 7. The highest BCUT2D eigenvalue weighted by Gasteiger charge is 2.43. The highest BCUT2D eigenvalue weighted by atomic mass is 32.2. The first-order valence-corrected chi connectivity index (χ1v) is 12.5. The molecule has 0 aliphatic rings. The summed E-state index contributed by atoms with van der Waals surface area (Å²) in [6.07, 6.45) is 0. The van der Waals surface area contributed by atoms with Crippen LogP contribution in [0.1, 0.15) is 53.6 Å². The molecule has 0 radical (unpaired) electrons. The van der Waals surface area contributed by atoms with Crippen LogP contribution in [0, 0.1) is 13.8 Å². The Bertz CT molecular complexity index is 1300. The molecule has 0 aliphatic carbocycles. The third-order valence-corrected chi connectivity index (χ3v) is 7.74. The number of carbonyl (C=O) groups excluding carboxylic acids is 2. The van der Waals surface area contributed by atoms with Crippen molar-refractivity contribution in [2.75, 3.05) is 7.11 Å². The number of aromatic nitrogens is 2. The van der Waals surface area contributed by atoms with Crippen molar-refractivity contribution in [1.29, 1.82) is 0 Å². The van der Waals surface area contributed by atoms with Gasteiger partial charge in [-0.1, -0.05) is 57.2 Å². The molecule has 34 heavy (non-hydrogen) atoms. The van der Waals surface area contributed by atoms with Gasteiger partial charge in [-0.2, -0.15) is 5.10 Å². The number of Topliss-reactive ketones (excluding diaryl/α,β-unsaturated/α-hetero) is 1. The minimum atomic E-state index is -4.36. The summed E-state index contributed by atoms with van der Waals surface area (Å²) < 4.78 is 33.0. The summed E-state index contributed by atoms with van der Waals surface area (Å²) in [5, 5.41) is 2.61. The van der Waals surface area contributed by atoms with Gasteiger partial charge in [-0.25, -0.2) is 8.42 Å². The van der Waals surface area contributed by atoms with E-state index < -0.39 is 32.3 Å². The van der Waals surface area contributed by atoms with Crippen LogP contribution in [0.5, 0.6) is 0 Å². The van der Waals surface area contributed by atoms with Gasteiger partial charge in [-0.05, 0) is 48.7 Å². The molecule has 180 valence electrons. The van der Waals surface area contributed by atoms with Gasteiger partial charge in [-0.15, -0.1) is 0 Å². The monoisotopic (exact) mass is 482 g/mol. The van der Waals surface area contributed by atoms with Gasteiger partial charge in [0.1, 0.15) is 5.69 Å². The molecule has 3 aromatic rings. The van der Waals surface area contributed by atoms with E-state index in [0.29, 0.717) is 5.69 Å². The number of nitrogens with zero attached hydrogens (tertiary/aromatic N) is 2. The van der Waals surface area contributed by atoms with Crippen molar-refractivity contribution in [2.45, 2.75) is 56.7 Å². The molecule has 1 aromatic heterocycles. The number of hydrogen-bond acceptors (Lipinski definition) is 6. The number of aryl methyl sites for hydroxylation is 2. The quantitative estimate of drug-likeness (QED) is 0.286. The Balaban J connectivity index is 2.18. The molecule has 0 saturated carbocycles. The van der Waals surface area contributed by atoms with Crippen molar-refractivity contribution in [3.05, 3.63) is 82.7 Å². The van der Waals surface area contributed by atoms with E-state index in [1.165, 1.54) is 28.9 Å². The van der Waals surface area contributed by atoms with Crippen molar-refractivity contribution in [3.8, 4) is 0 Å². The van der Waals surface area contributed by atoms with E-state index in [2.05, 4.69) is 5.10 Å². The Kier molecular flexibility index (Phi) is 7.12. The van der Waals surface area contributed by atoms with E-state index in [0.717, 1.165) is 23.8 Å². The van der Waals surface area contributed by atoms with E-state index >= 15 is 0 Å². The van der Waals surface area contributed by atoms with Crippen LogP contribution in [-0.4, -0.2) is 42.3 Å². The first-order valence-electron chi connectivity index (χ1n) is 10.9. The third kappa shape index (κ3) is 4.97. The fourth-order valence-corrected chi connectivity index (χ4v) is 5.27. The number of methoxy groups -OCH3 is 1. The maximum atomic E-state index is 13.7. The number of ether oxygens (including phenoxy) is 1. The summed E-state index contributed by atoms with van der Waals surface area (Å²) in [6.45, 7) is 10.0. The Morgan fingerprint density at radius 1 is 1.00 bits per heavy atom. The van der Waals surface area contributed by atoms with Crippen LogP contribution >= 0.6 is 0 Å². The standard InChI is InChI=1S/C26H30N2O5S/c1-17-11-10-12-18(2)20(17)16-28-21(15-22(27-28)26(3,4)5)23(29)24(25(30)33-6)34(31,32)19-13-8-7-9-14-19/h7-15,24H,16H2,1-6H3. The second kappa shape index (κ2) is 9.54. The average Bonchev–Trinajstić information content (AvgIpc) is 3.21. The number of ketones is 1. The van der Waals surface area contributed by atoms with E-state index in [4.69, 9.17) is 4.74 Å². The summed E-state index contributed by atoms with van der Waals surface area (Å²) in [7, 11) is -3.29. The van der Waals surface area contributed by atoms with Gasteiger partial charge in [-0.3, -0.25) is 14.3 Å². The summed E-state index contributed by atoms with van der Waals surface area (Å²) in [6, 6.07) is 14.9. The number of carbonyl (C=O) groups is 2. The molecule has 2 aromatic carbocycles. The Hall–Kier alpha value is -3.26. The van der Waals surface area contributed by atoms with E-state index in [9.17, 15) is 18.0 Å². The van der Waals surface area contributed by atoms with E-state index in [-0.39, 0.29) is 17.1 Å². The zero-order chi connectivity index (χ0) is 25.3. The lowest BCUT2D eigenvalue weighted by Gasteiger charge is -2.16. The van der Waals surface area contributed by atoms with Crippen LogP contribution in [0.15, 0.2) is 59.5 Å². The SMILES string of the molecule is COC(=O)C(C(=O)c1cc(C(C)(C)C)nn1Cc1c(C)cccc1C)S(=O)(=O)c1ccccc1. The molecule has 0 aliphatic heterocycles. The molecule has 0 saturated heterocycles. The van der Waals surface area contributed by atoms with Gasteiger partial charge >= 0.3 is 5.97 Å². The minimum Gasteiger partial charge on any atom is -0.468 e. The Morgan fingerprint density at radius 2 is 1.59 bits per heavy atom. The molecule has 1 atom stereocenters. The number of benzene rings is 2. The normalized spacial score (nSPS) is 12.9. The van der Waals surface area contributed by atoms with Crippen molar-refractivity contribution < 1.29 is 22.7 Å². The largest absolute Gasteiger partial charge is 0.468 e. The summed E-state index contributed by atoms with van der Waals surface area (Å²) >= 11 is 0. The fraction of sp³-hybridized carbons (Fsp3) is 0.346. The average molecular weight is 483 g/mol. The molecule has 1 heterocycles. The zero-order valence-electron chi connectivity index (χ0n) is 20.3. The van der Waals surface area contributed by atoms with Crippen LogP contribution in [0.3, 0.4) is 0 Å². The molecule has 0 N–H and O–H groups in total. The van der Waals surface area contributed by atoms with Crippen LogP contribution in [0.4, 0.5) is 0 Å². The molecule has 1 unspecified atom stereocenters. The smallest absolute Gasteiger partial charge is 0.332 e. The fourth-order valence-electron chi connectivity index (χ4n) is 3.71. The maximum absolute atomic E-state index is 13.7. The molecular weight excluding hydrogens is 452 g/mol. The first-order chi connectivity index (χ1) is 15.9. The zero-order valence-corrected chi connectivity index (χ0v) is 21.1.